The van der Waals surface area contributed by atoms with Gasteiger partial charge in [-0.3, -0.25) is 4.79 Å². The summed E-state index contributed by atoms with van der Waals surface area (Å²) in [5, 5.41) is 2.87. The summed E-state index contributed by atoms with van der Waals surface area (Å²) in [6.07, 6.45) is 0.795. The summed E-state index contributed by atoms with van der Waals surface area (Å²) in [4.78, 5) is 22.6. The van der Waals surface area contributed by atoms with Crippen molar-refractivity contribution in [2.75, 3.05) is 19.4 Å². The van der Waals surface area contributed by atoms with E-state index in [-0.39, 0.29) is 12.5 Å². The number of nitrogens with one attached hydrogen (secondary N) is 1. The molecule has 1 rings (SSSR count). The molecule has 6 heteroatoms. The Morgan fingerprint density at radius 1 is 1.39 bits per heavy atom. The molecule has 0 aromatic heterocycles. The third-order valence-corrected chi connectivity index (χ3v) is 2.43. The molecule has 0 aliphatic heterocycles. The third-order valence-electron chi connectivity index (χ3n) is 2.22. The molecule has 0 unspecified atom stereocenters. The lowest BCUT2D eigenvalue weighted by molar-refractivity contribution is -0.120. The summed E-state index contributed by atoms with van der Waals surface area (Å²) in [6, 6.07) is 4.52. The van der Waals surface area contributed by atoms with E-state index in [2.05, 4.69) is 5.32 Å². The van der Waals surface area contributed by atoms with E-state index in [1.54, 1.807) is 13.1 Å². The van der Waals surface area contributed by atoms with Crippen LogP contribution in [0.3, 0.4) is 0 Å². The lowest BCUT2D eigenvalue weighted by atomic mass is 10.2. The number of hydrogen-bond donors (Lipinski definition) is 2. The van der Waals surface area contributed by atoms with Crippen molar-refractivity contribution in [2.45, 2.75) is 12.8 Å². The zero-order valence-corrected chi connectivity index (χ0v) is 10.8. The molecule has 0 atom stereocenters. The quantitative estimate of drug-likeness (QED) is 0.484. The molecule has 0 spiro atoms. The van der Waals surface area contributed by atoms with E-state index >= 15 is 0 Å². The van der Waals surface area contributed by atoms with Gasteiger partial charge in [0, 0.05) is 24.2 Å². The molecule has 0 saturated heterocycles. The van der Waals surface area contributed by atoms with Gasteiger partial charge in [-0.1, -0.05) is 11.6 Å². The minimum Gasteiger partial charge on any atom is -0.462 e. The molecule has 98 valence electrons. The second-order valence-corrected chi connectivity index (χ2v) is 4.12. The lowest BCUT2D eigenvalue weighted by Gasteiger charge is -2.05. The van der Waals surface area contributed by atoms with Gasteiger partial charge in [-0.25, -0.2) is 4.79 Å². The molecule has 0 radical (unpaired) electrons. The summed E-state index contributed by atoms with van der Waals surface area (Å²) in [5.74, 6) is -0.584. The second-order valence-electron chi connectivity index (χ2n) is 3.69. The molecule has 0 bridgehead atoms. The highest BCUT2D eigenvalue weighted by atomic mass is 35.5. The van der Waals surface area contributed by atoms with Crippen LogP contribution in [0.5, 0.6) is 0 Å². The Kier molecular flexibility index (Phi) is 5.45. The number of nitrogen functional groups attached to an aromatic ring is 1. The molecule has 0 fully saturated rings. The van der Waals surface area contributed by atoms with E-state index in [1.165, 1.54) is 12.1 Å². The van der Waals surface area contributed by atoms with Crippen molar-refractivity contribution < 1.29 is 14.3 Å². The van der Waals surface area contributed by atoms with E-state index in [0.717, 1.165) is 0 Å². The molecule has 0 aliphatic rings. The first-order chi connectivity index (χ1) is 8.52. The molecule has 5 nitrogen and oxygen atoms in total. The standard InChI is InChI=1S/C12H15ClN2O3/c1-15-11(16)3-2-4-18-12(17)8-5-9(13)7-10(14)6-8/h5-7H,2-4,14H2,1H3,(H,15,16). The molecule has 1 aromatic carbocycles. The third kappa shape index (κ3) is 4.63. The Hall–Kier alpha value is -1.75. The molecular formula is C12H15ClN2O3. The largest absolute Gasteiger partial charge is 0.462 e. The number of benzene rings is 1. The minimum atomic E-state index is -0.499. The van der Waals surface area contributed by atoms with Crippen molar-refractivity contribution in [1.82, 2.24) is 5.32 Å². The molecule has 1 aromatic rings. The SMILES string of the molecule is CNC(=O)CCCOC(=O)c1cc(N)cc(Cl)c1. The summed E-state index contributed by atoms with van der Waals surface area (Å²) >= 11 is 5.78. The van der Waals surface area contributed by atoms with Crippen LogP contribution >= 0.6 is 11.6 Å². The van der Waals surface area contributed by atoms with Gasteiger partial charge >= 0.3 is 5.97 Å². The van der Waals surface area contributed by atoms with Crippen LogP contribution in [-0.4, -0.2) is 25.5 Å². The van der Waals surface area contributed by atoms with Gasteiger partial charge in [0.05, 0.1) is 12.2 Å². The minimum absolute atomic E-state index is 0.0851. The lowest BCUT2D eigenvalue weighted by Crippen LogP contribution is -2.18. The molecular weight excluding hydrogens is 256 g/mol. The Morgan fingerprint density at radius 3 is 2.72 bits per heavy atom. The second kappa shape index (κ2) is 6.86. The average Bonchev–Trinajstić information content (AvgIpc) is 2.32. The van der Waals surface area contributed by atoms with E-state index in [9.17, 15) is 9.59 Å². The van der Waals surface area contributed by atoms with Crippen LogP contribution in [0.15, 0.2) is 18.2 Å². The first kappa shape index (κ1) is 14.3. The smallest absolute Gasteiger partial charge is 0.338 e. The van der Waals surface area contributed by atoms with Crippen molar-refractivity contribution in [1.29, 1.82) is 0 Å². The van der Waals surface area contributed by atoms with Crippen molar-refractivity contribution >= 4 is 29.2 Å². The van der Waals surface area contributed by atoms with Gasteiger partial charge < -0.3 is 15.8 Å². The molecule has 18 heavy (non-hydrogen) atoms. The number of halogens is 1. The van der Waals surface area contributed by atoms with Crippen molar-refractivity contribution in [3.05, 3.63) is 28.8 Å². The van der Waals surface area contributed by atoms with Gasteiger partial charge in [0.2, 0.25) is 5.91 Å². The predicted octanol–water partition coefficient (Wildman–Crippen LogP) is 1.61. The van der Waals surface area contributed by atoms with E-state index in [0.29, 0.717) is 29.1 Å². The van der Waals surface area contributed by atoms with Gasteiger partial charge in [-0.2, -0.15) is 0 Å². The Labute approximate surface area is 110 Å². The van der Waals surface area contributed by atoms with Crippen LogP contribution in [0.4, 0.5) is 5.69 Å². The number of anilines is 1. The number of carbonyl (C=O) groups excluding carboxylic acids is 2. The Bertz CT molecular complexity index is 429. The van der Waals surface area contributed by atoms with Crippen molar-refractivity contribution in [2.24, 2.45) is 0 Å². The monoisotopic (exact) mass is 270 g/mol. The first-order valence-electron chi connectivity index (χ1n) is 5.46. The van der Waals surface area contributed by atoms with Crippen LogP contribution in [0.1, 0.15) is 23.2 Å². The number of ether oxygens (including phenoxy) is 1. The normalized spacial score (nSPS) is 9.89. The van der Waals surface area contributed by atoms with Crippen LogP contribution in [0.2, 0.25) is 5.02 Å². The highest BCUT2D eigenvalue weighted by Crippen LogP contribution is 2.17. The van der Waals surface area contributed by atoms with Gasteiger partial charge in [-0.05, 0) is 24.6 Å². The van der Waals surface area contributed by atoms with Crippen LogP contribution < -0.4 is 11.1 Å². The maximum Gasteiger partial charge on any atom is 0.338 e. The molecule has 3 N–H and O–H groups in total. The van der Waals surface area contributed by atoms with Gasteiger partial charge in [-0.15, -0.1) is 0 Å². The fraction of sp³-hybridized carbons (Fsp3) is 0.333. The number of hydrogen-bond acceptors (Lipinski definition) is 4. The summed E-state index contributed by atoms with van der Waals surface area (Å²) in [7, 11) is 1.56. The van der Waals surface area contributed by atoms with E-state index in [4.69, 9.17) is 22.1 Å². The van der Waals surface area contributed by atoms with E-state index < -0.39 is 5.97 Å². The fourth-order valence-corrected chi connectivity index (χ4v) is 1.58. The van der Waals surface area contributed by atoms with Crippen molar-refractivity contribution in [3.8, 4) is 0 Å². The zero-order valence-electron chi connectivity index (χ0n) is 10.0. The maximum atomic E-state index is 11.6. The summed E-state index contributed by atoms with van der Waals surface area (Å²) in [5.41, 5.74) is 6.27. The van der Waals surface area contributed by atoms with Gasteiger partial charge in [0.25, 0.3) is 0 Å². The van der Waals surface area contributed by atoms with Gasteiger partial charge in [0.1, 0.15) is 0 Å². The predicted molar refractivity (Wildman–Crippen MR) is 69.4 cm³/mol. The van der Waals surface area contributed by atoms with Gasteiger partial charge in [0.15, 0.2) is 0 Å². The number of rotatable bonds is 5. The maximum absolute atomic E-state index is 11.6. The number of nitrogens with two attached hydrogens (primary N) is 1. The topological polar surface area (TPSA) is 81.4 Å². The molecule has 0 aliphatic carbocycles. The van der Waals surface area contributed by atoms with Crippen molar-refractivity contribution in [3.63, 3.8) is 0 Å². The number of esters is 1. The first-order valence-corrected chi connectivity index (χ1v) is 5.84. The fourth-order valence-electron chi connectivity index (χ4n) is 1.34. The van der Waals surface area contributed by atoms with Crippen LogP contribution in [-0.2, 0) is 9.53 Å². The zero-order chi connectivity index (χ0) is 13.5. The Morgan fingerprint density at radius 2 is 2.11 bits per heavy atom. The number of amides is 1. The van der Waals surface area contributed by atoms with Crippen LogP contribution in [0.25, 0.3) is 0 Å². The summed E-state index contributed by atoms with van der Waals surface area (Å²) < 4.78 is 5.00. The summed E-state index contributed by atoms with van der Waals surface area (Å²) in [6.45, 7) is 0.179. The Balaban J connectivity index is 2.43. The molecule has 1 amide bonds. The highest BCUT2D eigenvalue weighted by Gasteiger charge is 2.09. The van der Waals surface area contributed by atoms with Crippen LogP contribution in [0, 0.1) is 0 Å². The molecule has 0 heterocycles. The molecule has 0 saturated carbocycles. The average molecular weight is 271 g/mol. The highest BCUT2D eigenvalue weighted by molar-refractivity contribution is 6.31. The van der Waals surface area contributed by atoms with E-state index in [1.807, 2.05) is 0 Å². The number of carbonyl (C=O) groups is 2.